The van der Waals surface area contributed by atoms with E-state index in [-0.39, 0.29) is 12.5 Å². The quantitative estimate of drug-likeness (QED) is 0.719. The van der Waals surface area contributed by atoms with Crippen LogP contribution in [0.1, 0.15) is 6.92 Å². The van der Waals surface area contributed by atoms with Gasteiger partial charge in [0.25, 0.3) is 0 Å². The number of aliphatic hydroxyl groups is 1. The van der Waals surface area contributed by atoms with Gasteiger partial charge in [0.2, 0.25) is 5.91 Å². The maximum atomic E-state index is 12.4. The number of hydrogen-bond donors (Lipinski definition) is 2. The van der Waals surface area contributed by atoms with E-state index in [4.69, 9.17) is 34.8 Å². The highest BCUT2D eigenvalue weighted by Gasteiger charge is 2.15. The van der Waals surface area contributed by atoms with E-state index in [1.807, 2.05) is 30.3 Å². The molecule has 0 saturated carbocycles. The lowest BCUT2D eigenvalue weighted by Crippen LogP contribution is -2.37. The Kier molecular flexibility index (Phi) is 6.75. The number of rotatable bonds is 6. The predicted octanol–water partition coefficient (Wildman–Crippen LogP) is 4.47. The van der Waals surface area contributed by atoms with Gasteiger partial charge in [0, 0.05) is 12.2 Å². The molecular weight excluding hydrogens is 371 g/mol. The summed E-state index contributed by atoms with van der Waals surface area (Å²) in [6.07, 6.45) is -0.577. The molecule has 0 heterocycles. The summed E-state index contributed by atoms with van der Waals surface area (Å²) in [6, 6.07) is 12.4. The fourth-order valence-electron chi connectivity index (χ4n) is 2.20. The molecule has 1 atom stereocenters. The van der Waals surface area contributed by atoms with Crippen LogP contribution in [0.15, 0.2) is 42.5 Å². The van der Waals surface area contributed by atoms with Crippen molar-refractivity contribution in [1.29, 1.82) is 0 Å². The van der Waals surface area contributed by atoms with Crippen LogP contribution in [0.2, 0.25) is 15.1 Å². The summed E-state index contributed by atoms with van der Waals surface area (Å²) in [4.78, 5) is 14.1. The summed E-state index contributed by atoms with van der Waals surface area (Å²) in [5.74, 6) is -0.278. The van der Waals surface area contributed by atoms with Crippen LogP contribution in [0.4, 0.5) is 11.4 Å². The Morgan fingerprint density at radius 3 is 2.38 bits per heavy atom. The van der Waals surface area contributed by atoms with Crippen molar-refractivity contribution < 1.29 is 9.90 Å². The molecule has 0 aliphatic heterocycles. The zero-order valence-electron chi connectivity index (χ0n) is 13.0. The van der Waals surface area contributed by atoms with E-state index < -0.39 is 6.10 Å². The third-order valence-electron chi connectivity index (χ3n) is 3.22. The molecule has 2 N–H and O–H groups in total. The molecule has 0 fully saturated rings. The second kappa shape index (κ2) is 8.58. The van der Waals surface area contributed by atoms with Crippen LogP contribution in [0.5, 0.6) is 0 Å². The molecule has 2 rings (SSSR count). The van der Waals surface area contributed by atoms with Crippen LogP contribution in [-0.2, 0) is 4.79 Å². The fourth-order valence-corrected chi connectivity index (χ4v) is 2.79. The maximum absolute atomic E-state index is 12.4. The molecule has 0 bridgehead atoms. The molecular formula is C17H17Cl3N2O2. The number of aliphatic hydroxyl groups excluding tert-OH is 1. The van der Waals surface area contributed by atoms with Gasteiger partial charge in [-0.15, -0.1) is 0 Å². The molecule has 4 nitrogen and oxygen atoms in total. The van der Waals surface area contributed by atoms with Crippen molar-refractivity contribution in [2.75, 3.05) is 23.3 Å². The van der Waals surface area contributed by atoms with Crippen LogP contribution in [0.25, 0.3) is 0 Å². The van der Waals surface area contributed by atoms with Crippen LogP contribution in [-0.4, -0.2) is 30.2 Å². The van der Waals surface area contributed by atoms with Gasteiger partial charge in [0.05, 0.1) is 33.4 Å². The number of hydrogen-bond acceptors (Lipinski definition) is 3. The number of carbonyl (C=O) groups excluding carboxylic acids is 1. The van der Waals surface area contributed by atoms with E-state index in [1.54, 1.807) is 11.8 Å². The number of amides is 1. The zero-order valence-corrected chi connectivity index (χ0v) is 15.2. The van der Waals surface area contributed by atoms with Crippen molar-refractivity contribution in [2.45, 2.75) is 13.0 Å². The number of anilines is 2. The third-order valence-corrected chi connectivity index (χ3v) is 4.26. The predicted molar refractivity (Wildman–Crippen MR) is 100 cm³/mol. The topological polar surface area (TPSA) is 52.6 Å². The molecule has 7 heteroatoms. The molecule has 0 spiro atoms. The lowest BCUT2D eigenvalue weighted by Gasteiger charge is -2.25. The molecule has 0 saturated heterocycles. The van der Waals surface area contributed by atoms with Gasteiger partial charge in [0.1, 0.15) is 0 Å². The second-order valence-corrected chi connectivity index (χ2v) is 6.58. The monoisotopic (exact) mass is 386 g/mol. The van der Waals surface area contributed by atoms with Crippen molar-refractivity contribution in [3.63, 3.8) is 0 Å². The number of halogens is 3. The highest BCUT2D eigenvalue weighted by molar-refractivity contribution is 6.44. The minimum atomic E-state index is -0.577. The van der Waals surface area contributed by atoms with E-state index >= 15 is 0 Å². The van der Waals surface area contributed by atoms with Crippen molar-refractivity contribution >= 4 is 52.1 Å². The van der Waals surface area contributed by atoms with Gasteiger partial charge in [-0.3, -0.25) is 4.79 Å². The van der Waals surface area contributed by atoms with Gasteiger partial charge in [0.15, 0.2) is 0 Å². The summed E-state index contributed by atoms with van der Waals surface area (Å²) in [5, 5.41) is 13.3. The summed E-state index contributed by atoms with van der Waals surface area (Å²) < 4.78 is 0. The molecule has 1 amide bonds. The first-order valence-corrected chi connectivity index (χ1v) is 8.42. The van der Waals surface area contributed by atoms with Gasteiger partial charge in [-0.05, 0) is 31.2 Å². The summed E-state index contributed by atoms with van der Waals surface area (Å²) in [5.41, 5.74) is 1.23. The fraction of sp³-hybridized carbons (Fsp3) is 0.235. The first-order chi connectivity index (χ1) is 11.4. The Morgan fingerprint density at radius 1 is 1.12 bits per heavy atom. The lowest BCUT2D eigenvalue weighted by molar-refractivity contribution is -0.115. The van der Waals surface area contributed by atoms with E-state index in [9.17, 15) is 9.90 Å². The van der Waals surface area contributed by atoms with Crippen LogP contribution < -0.4 is 10.2 Å². The van der Waals surface area contributed by atoms with Crippen molar-refractivity contribution in [1.82, 2.24) is 0 Å². The van der Waals surface area contributed by atoms with Crippen molar-refractivity contribution in [3.05, 3.63) is 57.5 Å². The maximum Gasteiger partial charge on any atom is 0.243 e. The van der Waals surface area contributed by atoms with Gasteiger partial charge in [-0.2, -0.15) is 0 Å². The normalized spacial score (nSPS) is 11.9. The Bertz CT molecular complexity index is 708. The average molecular weight is 388 g/mol. The zero-order chi connectivity index (χ0) is 17.7. The van der Waals surface area contributed by atoms with Gasteiger partial charge in [-0.25, -0.2) is 0 Å². The smallest absolute Gasteiger partial charge is 0.243 e. The Balaban J connectivity index is 2.12. The van der Waals surface area contributed by atoms with E-state index in [1.165, 1.54) is 12.1 Å². The van der Waals surface area contributed by atoms with E-state index in [0.717, 1.165) is 5.69 Å². The first kappa shape index (κ1) is 18.9. The highest BCUT2D eigenvalue weighted by Crippen LogP contribution is 2.32. The van der Waals surface area contributed by atoms with Crippen LogP contribution in [0, 0.1) is 0 Å². The molecule has 0 aromatic heterocycles. The summed E-state index contributed by atoms with van der Waals surface area (Å²) >= 11 is 17.9. The van der Waals surface area contributed by atoms with Gasteiger partial charge < -0.3 is 15.3 Å². The summed E-state index contributed by atoms with van der Waals surface area (Å²) in [6.45, 7) is 2.06. The first-order valence-electron chi connectivity index (χ1n) is 7.29. The largest absolute Gasteiger partial charge is 0.392 e. The van der Waals surface area contributed by atoms with Crippen molar-refractivity contribution in [3.8, 4) is 0 Å². The molecule has 2 aromatic carbocycles. The average Bonchev–Trinajstić information content (AvgIpc) is 2.52. The molecule has 1 unspecified atom stereocenters. The molecule has 2 aromatic rings. The Morgan fingerprint density at radius 2 is 1.75 bits per heavy atom. The van der Waals surface area contributed by atoms with E-state index in [0.29, 0.717) is 27.3 Å². The van der Waals surface area contributed by atoms with Gasteiger partial charge in [-0.1, -0.05) is 53.0 Å². The second-order valence-electron chi connectivity index (χ2n) is 5.36. The van der Waals surface area contributed by atoms with Crippen LogP contribution in [0.3, 0.4) is 0 Å². The minimum absolute atomic E-state index is 0.0610. The number of nitrogens with one attached hydrogen (secondary N) is 1. The Labute approximate surface area is 155 Å². The standard InChI is InChI=1S/C17H17Cl3N2O2/c1-11(23)9-22(12-5-3-2-4-6-12)10-17(24)21-16-8-14(19)13(18)7-15(16)20/h2-8,11,23H,9-10H2,1H3,(H,21,24). The van der Waals surface area contributed by atoms with Crippen LogP contribution >= 0.6 is 34.8 Å². The SMILES string of the molecule is CC(O)CN(CC(=O)Nc1cc(Cl)c(Cl)cc1Cl)c1ccccc1. The number of nitrogens with zero attached hydrogens (tertiary/aromatic N) is 1. The number of benzene rings is 2. The number of carbonyl (C=O) groups is 1. The van der Waals surface area contributed by atoms with Crippen molar-refractivity contribution in [2.24, 2.45) is 0 Å². The summed E-state index contributed by atoms with van der Waals surface area (Å²) in [7, 11) is 0. The minimum Gasteiger partial charge on any atom is -0.392 e. The molecule has 0 aliphatic carbocycles. The molecule has 0 radical (unpaired) electrons. The van der Waals surface area contributed by atoms with E-state index in [2.05, 4.69) is 5.32 Å². The molecule has 128 valence electrons. The lowest BCUT2D eigenvalue weighted by atomic mass is 10.2. The number of para-hydroxylation sites is 1. The third kappa shape index (κ3) is 5.28. The molecule has 0 aliphatic rings. The van der Waals surface area contributed by atoms with Gasteiger partial charge >= 0.3 is 0 Å². The molecule has 24 heavy (non-hydrogen) atoms. The Hall–Kier alpha value is -1.46. The highest BCUT2D eigenvalue weighted by atomic mass is 35.5.